The molecule has 0 atom stereocenters. The van der Waals surface area contributed by atoms with Crippen molar-refractivity contribution in [2.45, 2.75) is 33.4 Å². The maximum absolute atomic E-state index is 4.92. The van der Waals surface area contributed by atoms with E-state index in [1.165, 1.54) is 9.75 Å². The van der Waals surface area contributed by atoms with Gasteiger partial charge in [0, 0.05) is 55.1 Å². The number of rotatable bonds is 6. The van der Waals surface area contributed by atoms with E-state index in [9.17, 15) is 0 Å². The maximum Gasteiger partial charge on any atom is 0.194 e. The van der Waals surface area contributed by atoms with Crippen LogP contribution in [0.5, 0.6) is 0 Å². The predicted octanol–water partition coefficient (Wildman–Crippen LogP) is 3.20. The smallest absolute Gasteiger partial charge is 0.194 e. The topological polar surface area (TPSA) is 56.9 Å². The van der Waals surface area contributed by atoms with Crippen LogP contribution in [-0.4, -0.2) is 53.6 Å². The molecule has 0 saturated carbocycles. The molecule has 1 aliphatic rings. The largest absolute Gasteiger partial charge is 0.364 e. The summed E-state index contributed by atoms with van der Waals surface area (Å²) in [6, 6.07) is 6.35. The standard InChI is InChI=1S/C18H27N5OS.HI/c1-3-16-5-6-17(25-16)13-20-18(19-4-2)23-10-8-22(9-11-23)14-15-7-12-24-21-15;/h5-7,12H,3-4,8-11,13-14H2,1-2H3,(H,19,20);1H. The number of nitrogens with zero attached hydrogens (tertiary/aromatic N) is 4. The van der Waals surface area contributed by atoms with E-state index >= 15 is 0 Å². The van der Waals surface area contributed by atoms with Crippen LogP contribution < -0.4 is 5.32 Å². The Kier molecular flexibility index (Phi) is 8.86. The molecule has 1 fully saturated rings. The lowest BCUT2D eigenvalue weighted by atomic mass is 10.3. The zero-order valence-corrected chi connectivity index (χ0v) is 18.6. The van der Waals surface area contributed by atoms with E-state index in [0.29, 0.717) is 0 Å². The Labute approximate surface area is 176 Å². The van der Waals surface area contributed by atoms with Crippen molar-refractivity contribution >= 4 is 41.3 Å². The van der Waals surface area contributed by atoms with Crippen LogP contribution in [0.25, 0.3) is 0 Å². The van der Waals surface area contributed by atoms with Gasteiger partial charge in [0.25, 0.3) is 0 Å². The number of nitrogens with one attached hydrogen (secondary N) is 1. The van der Waals surface area contributed by atoms with E-state index in [4.69, 9.17) is 9.52 Å². The first-order valence-electron chi connectivity index (χ1n) is 9.01. The Morgan fingerprint density at radius 1 is 1.19 bits per heavy atom. The molecule has 8 heteroatoms. The second-order valence-electron chi connectivity index (χ2n) is 6.15. The van der Waals surface area contributed by atoms with Gasteiger partial charge in [0.2, 0.25) is 0 Å². The molecule has 2 aromatic heterocycles. The van der Waals surface area contributed by atoms with Gasteiger partial charge in [0.1, 0.15) is 6.26 Å². The highest BCUT2D eigenvalue weighted by Crippen LogP contribution is 2.18. The Balaban J connectivity index is 0.00000243. The van der Waals surface area contributed by atoms with Gasteiger partial charge in [-0.25, -0.2) is 4.99 Å². The number of thiophene rings is 1. The molecule has 144 valence electrons. The number of aromatic nitrogens is 1. The van der Waals surface area contributed by atoms with Crippen LogP contribution in [0.1, 0.15) is 29.3 Å². The molecule has 3 heterocycles. The van der Waals surface area contributed by atoms with E-state index in [1.807, 2.05) is 17.4 Å². The summed E-state index contributed by atoms with van der Waals surface area (Å²) < 4.78 is 4.92. The molecule has 0 bridgehead atoms. The fraction of sp³-hybridized carbons (Fsp3) is 0.556. The van der Waals surface area contributed by atoms with Crippen molar-refractivity contribution in [3.05, 3.63) is 39.9 Å². The lowest BCUT2D eigenvalue weighted by Crippen LogP contribution is -2.52. The summed E-state index contributed by atoms with van der Waals surface area (Å²) in [5.74, 6) is 1.02. The molecule has 0 amide bonds. The van der Waals surface area contributed by atoms with Crippen LogP contribution in [0.2, 0.25) is 0 Å². The van der Waals surface area contributed by atoms with Gasteiger partial charge in [-0.1, -0.05) is 12.1 Å². The molecule has 1 aliphatic heterocycles. The molecule has 0 unspecified atom stereocenters. The van der Waals surface area contributed by atoms with E-state index in [1.54, 1.807) is 6.26 Å². The van der Waals surface area contributed by atoms with Gasteiger partial charge in [-0.05, 0) is 25.5 Å². The highest BCUT2D eigenvalue weighted by atomic mass is 127. The summed E-state index contributed by atoms with van der Waals surface area (Å²) in [6.45, 7) is 10.8. The SMILES string of the molecule is CCNC(=NCc1ccc(CC)s1)N1CCN(Cc2ccon2)CC1.I. The Bertz CT molecular complexity index is 665. The second kappa shape index (κ2) is 10.9. The van der Waals surface area contributed by atoms with Gasteiger partial charge in [0.05, 0.1) is 12.2 Å². The molecule has 0 spiro atoms. The quantitative estimate of drug-likeness (QED) is 0.384. The van der Waals surface area contributed by atoms with Crippen molar-refractivity contribution in [3.63, 3.8) is 0 Å². The first-order chi connectivity index (χ1) is 12.3. The highest BCUT2D eigenvalue weighted by Gasteiger charge is 2.20. The number of guanidine groups is 1. The lowest BCUT2D eigenvalue weighted by molar-refractivity contribution is 0.169. The fourth-order valence-electron chi connectivity index (χ4n) is 2.94. The Morgan fingerprint density at radius 2 is 1.96 bits per heavy atom. The van der Waals surface area contributed by atoms with E-state index < -0.39 is 0 Å². The van der Waals surface area contributed by atoms with Crippen LogP contribution in [0.15, 0.2) is 34.0 Å². The highest BCUT2D eigenvalue weighted by molar-refractivity contribution is 14.0. The number of aryl methyl sites for hydroxylation is 1. The summed E-state index contributed by atoms with van der Waals surface area (Å²) in [4.78, 5) is 12.4. The minimum absolute atomic E-state index is 0. The van der Waals surface area contributed by atoms with Crippen LogP contribution in [-0.2, 0) is 19.5 Å². The van der Waals surface area contributed by atoms with Crippen molar-refractivity contribution in [2.75, 3.05) is 32.7 Å². The maximum atomic E-state index is 4.92. The van der Waals surface area contributed by atoms with Crippen molar-refractivity contribution in [3.8, 4) is 0 Å². The summed E-state index contributed by atoms with van der Waals surface area (Å²) in [5, 5.41) is 7.44. The van der Waals surface area contributed by atoms with E-state index in [-0.39, 0.29) is 24.0 Å². The molecule has 6 nitrogen and oxygen atoms in total. The van der Waals surface area contributed by atoms with Crippen molar-refractivity contribution in [1.82, 2.24) is 20.3 Å². The van der Waals surface area contributed by atoms with Crippen molar-refractivity contribution in [2.24, 2.45) is 4.99 Å². The molecule has 0 radical (unpaired) electrons. The van der Waals surface area contributed by atoms with Gasteiger partial charge in [-0.2, -0.15) is 0 Å². The number of hydrogen-bond donors (Lipinski definition) is 1. The number of piperazine rings is 1. The summed E-state index contributed by atoms with van der Waals surface area (Å²) in [5.41, 5.74) is 0.999. The summed E-state index contributed by atoms with van der Waals surface area (Å²) in [6.07, 6.45) is 2.73. The van der Waals surface area contributed by atoms with Gasteiger partial charge < -0.3 is 14.7 Å². The lowest BCUT2D eigenvalue weighted by Gasteiger charge is -2.36. The molecule has 1 N–H and O–H groups in total. The average molecular weight is 489 g/mol. The second-order valence-corrected chi connectivity index (χ2v) is 7.40. The zero-order chi connectivity index (χ0) is 17.5. The molecule has 1 saturated heterocycles. The fourth-order valence-corrected chi connectivity index (χ4v) is 3.82. The first-order valence-corrected chi connectivity index (χ1v) is 9.82. The minimum atomic E-state index is 0. The normalized spacial score (nSPS) is 15.8. The van der Waals surface area contributed by atoms with Crippen molar-refractivity contribution in [1.29, 1.82) is 0 Å². The molecular weight excluding hydrogens is 461 g/mol. The number of aliphatic imine (C=N–C) groups is 1. The third-order valence-electron chi connectivity index (χ3n) is 4.33. The van der Waals surface area contributed by atoms with Gasteiger partial charge in [0.15, 0.2) is 5.96 Å². The van der Waals surface area contributed by atoms with Crippen molar-refractivity contribution < 1.29 is 4.52 Å². The van der Waals surface area contributed by atoms with Gasteiger partial charge >= 0.3 is 0 Å². The first kappa shape index (κ1) is 21.2. The summed E-state index contributed by atoms with van der Waals surface area (Å²) in [7, 11) is 0. The van der Waals surface area contributed by atoms with Gasteiger partial charge in [-0.15, -0.1) is 35.3 Å². The predicted molar refractivity (Wildman–Crippen MR) is 117 cm³/mol. The molecule has 0 aliphatic carbocycles. The van der Waals surface area contributed by atoms with E-state index in [0.717, 1.165) is 63.9 Å². The minimum Gasteiger partial charge on any atom is -0.364 e. The Morgan fingerprint density at radius 3 is 2.58 bits per heavy atom. The number of hydrogen-bond acceptors (Lipinski definition) is 5. The molecular formula is C18H28IN5OS. The van der Waals surface area contributed by atoms with Crippen LogP contribution in [0.4, 0.5) is 0 Å². The Hall–Kier alpha value is -1.13. The third kappa shape index (κ3) is 5.95. The molecule has 26 heavy (non-hydrogen) atoms. The number of halogens is 1. The molecule has 3 rings (SSSR count). The monoisotopic (exact) mass is 489 g/mol. The molecule has 2 aromatic rings. The van der Waals surface area contributed by atoms with Crippen LogP contribution in [0.3, 0.4) is 0 Å². The zero-order valence-electron chi connectivity index (χ0n) is 15.5. The van der Waals surface area contributed by atoms with E-state index in [2.05, 4.69) is 46.3 Å². The van der Waals surface area contributed by atoms with Crippen LogP contribution >= 0.6 is 35.3 Å². The van der Waals surface area contributed by atoms with Gasteiger partial charge in [-0.3, -0.25) is 4.90 Å². The summed E-state index contributed by atoms with van der Waals surface area (Å²) >= 11 is 1.86. The average Bonchev–Trinajstić information content (AvgIpc) is 3.31. The van der Waals surface area contributed by atoms with Crippen LogP contribution in [0, 0.1) is 0 Å². The third-order valence-corrected chi connectivity index (χ3v) is 5.55. The molecule has 0 aromatic carbocycles.